The van der Waals surface area contributed by atoms with E-state index in [1.54, 1.807) is 12.4 Å². The number of nitrogens with zero attached hydrogens (tertiary/aromatic N) is 1. The van der Waals surface area contributed by atoms with Gasteiger partial charge in [0.25, 0.3) is 0 Å². The van der Waals surface area contributed by atoms with E-state index in [4.69, 9.17) is 10.5 Å². The van der Waals surface area contributed by atoms with Crippen molar-refractivity contribution >= 4 is 5.78 Å². The maximum atomic E-state index is 12.3. The second-order valence-electron chi connectivity index (χ2n) is 4.62. The van der Waals surface area contributed by atoms with Gasteiger partial charge in [0.15, 0.2) is 5.78 Å². The molecule has 2 N–H and O–H groups in total. The van der Waals surface area contributed by atoms with Crippen LogP contribution in [0.15, 0.2) is 18.5 Å². The average Bonchev–Trinajstić information content (AvgIpc) is 2.59. The number of nitrogens with two attached hydrogens (primary N) is 1. The van der Waals surface area contributed by atoms with Crippen LogP contribution in [0, 0.1) is 12.3 Å². The molecule has 0 aliphatic carbocycles. The van der Waals surface area contributed by atoms with Crippen LogP contribution in [0.3, 0.4) is 0 Å². The molecule has 1 aliphatic rings. The summed E-state index contributed by atoms with van der Waals surface area (Å²) in [6.45, 7) is 4.61. The number of carbonyl (C=O) groups is 1. The molecule has 0 amide bonds. The summed E-state index contributed by atoms with van der Waals surface area (Å²) < 4.78 is 5.28. The topological polar surface area (TPSA) is 65.2 Å². The lowest BCUT2D eigenvalue weighted by Gasteiger charge is -2.24. The standard InChI is InChI=1S/C12H16N2O2/c1-8-3-9(5-14-4-8)11(15)12(2)7-16-6-10(12)13/h3-5,10H,6-7,13H2,1-2H3. The van der Waals surface area contributed by atoms with E-state index >= 15 is 0 Å². The predicted molar refractivity (Wildman–Crippen MR) is 60.2 cm³/mol. The summed E-state index contributed by atoms with van der Waals surface area (Å²) >= 11 is 0. The Morgan fingerprint density at radius 1 is 1.62 bits per heavy atom. The fourth-order valence-electron chi connectivity index (χ4n) is 1.93. The molecule has 1 saturated heterocycles. The van der Waals surface area contributed by atoms with Gasteiger partial charge in [-0.25, -0.2) is 0 Å². The lowest BCUT2D eigenvalue weighted by Crippen LogP contribution is -2.44. The average molecular weight is 220 g/mol. The number of hydrogen-bond donors (Lipinski definition) is 1. The van der Waals surface area contributed by atoms with E-state index in [0.717, 1.165) is 5.56 Å². The first kappa shape index (κ1) is 11.2. The number of aromatic nitrogens is 1. The Balaban J connectivity index is 2.32. The molecule has 1 aliphatic heterocycles. The number of carbonyl (C=O) groups excluding carboxylic acids is 1. The van der Waals surface area contributed by atoms with E-state index in [0.29, 0.717) is 18.8 Å². The highest BCUT2D eigenvalue weighted by molar-refractivity contribution is 6.01. The molecule has 0 saturated carbocycles. The van der Waals surface area contributed by atoms with Crippen molar-refractivity contribution in [3.05, 3.63) is 29.6 Å². The third kappa shape index (κ3) is 1.74. The van der Waals surface area contributed by atoms with Gasteiger partial charge in [-0.3, -0.25) is 9.78 Å². The van der Waals surface area contributed by atoms with E-state index in [-0.39, 0.29) is 11.8 Å². The summed E-state index contributed by atoms with van der Waals surface area (Å²) in [4.78, 5) is 16.4. The third-order valence-corrected chi connectivity index (χ3v) is 3.17. The second kappa shape index (κ2) is 3.96. The van der Waals surface area contributed by atoms with Gasteiger partial charge in [0.1, 0.15) is 0 Å². The molecule has 0 aromatic carbocycles. The van der Waals surface area contributed by atoms with E-state index in [2.05, 4.69) is 4.98 Å². The summed E-state index contributed by atoms with van der Waals surface area (Å²) in [5, 5.41) is 0. The van der Waals surface area contributed by atoms with E-state index < -0.39 is 5.41 Å². The smallest absolute Gasteiger partial charge is 0.174 e. The van der Waals surface area contributed by atoms with Crippen LogP contribution in [-0.2, 0) is 4.74 Å². The molecular weight excluding hydrogens is 204 g/mol. The summed E-state index contributed by atoms with van der Waals surface area (Å²) in [5.74, 6) is 0.0219. The van der Waals surface area contributed by atoms with Crippen LogP contribution < -0.4 is 5.73 Å². The van der Waals surface area contributed by atoms with Gasteiger partial charge in [0.2, 0.25) is 0 Å². The fraction of sp³-hybridized carbons (Fsp3) is 0.500. The molecule has 0 radical (unpaired) electrons. The van der Waals surface area contributed by atoms with Crippen LogP contribution >= 0.6 is 0 Å². The summed E-state index contributed by atoms with van der Waals surface area (Å²) in [7, 11) is 0. The molecule has 2 atom stereocenters. The van der Waals surface area contributed by atoms with Gasteiger partial charge in [0.05, 0.1) is 18.6 Å². The number of ether oxygens (including phenoxy) is 1. The van der Waals surface area contributed by atoms with Gasteiger partial charge in [-0.05, 0) is 25.5 Å². The lowest BCUT2D eigenvalue weighted by molar-refractivity contribution is 0.0767. The maximum Gasteiger partial charge on any atom is 0.174 e. The minimum absolute atomic E-state index is 0.0219. The van der Waals surface area contributed by atoms with Crippen molar-refractivity contribution in [3.8, 4) is 0 Å². The normalized spacial score (nSPS) is 29.3. The van der Waals surface area contributed by atoms with Crippen LogP contribution in [0.4, 0.5) is 0 Å². The Morgan fingerprint density at radius 2 is 2.38 bits per heavy atom. The Morgan fingerprint density at radius 3 is 2.94 bits per heavy atom. The van der Waals surface area contributed by atoms with Gasteiger partial charge in [-0.2, -0.15) is 0 Å². The Hall–Kier alpha value is -1.26. The van der Waals surface area contributed by atoms with E-state index in [1.165, 1.54) is 0 Å². The first-order valence-electron chi connectivity index (χ1n) is 5.34. The molecule has 2 heterocycles. The van der Waals surface area contributed by atoms with Crippen LogP contribution in [0.2, 0.25) is 0 Å². The van der Waals surface area contributed by atoms with Gasteiger partial charge in [0, 0.05) is 24.0 Å². The van der Waals surface area contributed by atoms with Crippen molar-refractivity contribution in [2.24, 2.45) is 11.1 Å². The zero-order valence-corrected chi connectivity index (χ0v) is 9.56. The van der Waals surface area contributed by atoms with Crippen LogP contribution in [0.5, 0.6) is 0 Å². The largest absolute Gasteiger partial charge is 0.379 e. The number of pyridine rings is 1. The Kier molecular flexibility index (Phi) is 2.78. The molecule has 1 aromatic heterocycles. The first-order valence-corrected chi connectivity index (χ1v) is 5.34. The number of aryl methyl sites for hydroxylation is 1. The van der Waals surface area contributed by atoms with Crippen molar-refractivity contribution in [1.29, 1.82) is 0 Å². The van der Waals surface area contributed by atoms with Crippen molar-refractivity contribution < 1.29 is 9.53 Å². The fourth-order valence-corrected chi connectivity index (χ4v) is 1.93. The molecule has 0 bridgehead atoms. The highest BCUT2D eigenvalue weighted by atomic mass is 16.5. The van der Waals surface area contributed by atoms with E-state index in [1.807, 2.05) is 19.9 Å². The molecule has 86 valence electrons. The zero-order chi connectivity index (χ0) is 11.8. The number of hydrogen-bond acceptors (Lipinski definition) is 4. The van der Waals surface area contributed by atoms with Crippen molar-refractivity contribution in [3.63, 3.8) is 0 Å². The first-order chi connectivity index (χ1) is 7.54. The molecule has 0 spiro atoms. The van der Waals surface area contributed by atoms with E-state index in [9.17, 15) is 4.79 Å². The minimum Gasteiger partial charge on any atom is -0.379 e. The van der Waals surface area contributed by atoms with Gasteiger partial charge in [-0.1, -0.05) is 0 Å². The summed E-state index contributed by atoms with van der Waals surface area (Å²) in [6.07, 6.45) is 3.32. The van der Waals surface area contributed by atoms with Crippen LogP contribution in [0.1, 0.15) is 22.8 Å². The molecular formula is C12H16N2O2. The van der Waals surface area contributed by atoms with Crippen LogP contribution in [0.25, 0.3) is 0 Å². The zero-order valence-electron chi connectivity index (χ0n) is 9.56. The molecule has 2 rings (SSSR count). The molecule has 16 heavy (non-hydrogen) atoms. The minimum atomic E-state index is -0.616. The van der Waals surface area contributed by atoms with Crippen LogP contribution in [-0.4, -0.2) is 30.0 Å². The van der Waals surface area contributed by atoms with Gasteiger partial charge < -0.3 is 10.5 Å². The quantitative estimate of drug-likeness (QED) is 0.753. The van der Waals surface area contributed by atoms with Crippen molar-refractivity contribution in [2.45, 2.75) is 19.9 Å². The number of Topliss-reactive ketones (excluding diaryl/α,β-unsaturated/α-hetero) is 1. The Labute approximate surface area is 94.8 Å². The summed E-state index contributed by atoms with van der Waals surface area (Å²) in [6, 6.07) is 1.60. The summed E-state index contributed by atoms with van der Waals surface area (Å²) in [5.41, 5.74) is 6.90. The molecule has 1 fully saturated rings. The highest BCUT2D eigenvalue weighted by Gasteiger charge is 2.44. The van der Waals surface area contributed by atoms with Gasteiger partial charge in [-0.15, -0.1) is 0 Å². The molecule has 1 aromatic rings. The third-order valence-electron chi connectivity index (χ3n) is 3.17. The lowest BCUT2D eigenvalue weighted by atomic mass is 9.79. The molecule has 4 heteroatoms. The number of ketones is 1. The Bertz CT molecular complexity index is 419. The van der Waals surface area contributed by atoms with Crippen molar-refractivity contribution in [2.75, 3.05) is 13.2 Å². The van der Waals surface area contributed by atoms with Crippen molar-refractivity contribution in [1.82, 2.24) is 4.98 Å². The highest BCUT2D eigenvalue weighted by Crippen LogP contribution is 2.31. The number of rotatable bonds is 2. The van der Waals surface area contributed by atoms with Gasteiger partial charge >= 0.3 is 0 Å². The molecule has 4 nitrogen and oxygen atoms in total. The predicted octanol–water partition coefficient (Wildman–Crippen LogP) is 0.937. The molecule has 2 unspecified atom stereocenters. The maximum absolute atomic E-state index is 12.3. The monoisotopic (exact) mass is 220 g/mol. The second-order valence-corrected chi connectivity index (χ2v) is 4.62. The SMILES string of the molecule is Cc1cncc(C(=O)C2(C)COCC2N)c1.